The van der Waals surface area contributed by atoms with Crippen molar-refractivity contribution in [3.63, 3.8) is 0 Å². The van der Waals surface area contributed by atoms with Crippen LogP contribution in [-0.2, 0) is 0 Å². The minimum atomic E-state index is -0.162. The number of rotatable bonds is 1. The van der Waals surface area contributed by atoms with Gasteiger partial charge in [0, 0.05) is 12.0 Å². The van der Waals surface area contributed by atoms with E-state index in [1.807, 2.05) is 0 Å². The number of nitrogens with zero attached hydrogens (tertiary/aromatic N) is 4. The predicted octanol–water partition coefficient (Wildman–Crippen LogP) is 1.02. The number of nitriles is 1. The fourth-order valence-corrected chi connectivity index (χ4v) is 1.07. The lowest BCUT2D eigenvalue weighted by Crippen LogP contribution is -1.83. The lowest BCUT2D eigenvalue weighted by Gasteiger charge is -1.90. The summed E-state index contributed by atoms with van der Waals surface area (Å²) in [5.74, 6) is 0.870. The van der Waals surface area contributed by atoms with Gasteiger partial charge in [0.1, 0.15) is 0 Å². The second kappa shape index (κ2) is 3.20. The van der Waals surface area contributed by atoms with Crippen molar-refractivity contribution in [1.29, 1.82) is 5.26 Å². The summed E-state index contributed by atoms with van der Waals surface area (Å²) in [5.41, 5.74) is -0.162. The normalized spacial score (nSPS) is 25.0. The average molecular weight is 140 g/mol. The first-order valence-electron chi connectivity index (χ1n) is 2.35. The molecule has 0 saturated heterocycles. The molecule has 0 aromatic heterocycles. The van der Waals surface area contributed by atoms with E-state index in [2.05, 4.69) is 15.2 Å². The maximum Gasteiger partial charge on any atom is 0.225 e. The van der Waals surface area contributed by atoms with E-state index in [1.54, 1.807) is 24.2 Å². The van der Waals surface area contributed by atoms with Crippen LogP contribution >= 0.6 is 11.8 Å². The summed E-state index contributed by atoms with van der Waals surface area (Å²) in [6.07, 6.45) is 3.34. The van der Waals surface area contributed by atoms with Gasteiger partial charge in [-0.15, -0.1) is 16.9 Å². The largest absolute Gasteiger partial charge is 0.258 e. The summed E-state index contributed by atoms with van der Waals surface area (Å²) in [5, 5.41) is 14.7. The SMILES string of the molecule is N#CN=NC1N=CCS1. The second-order valence-electron chi connectivity index (χ2n) is 1.31. The van der Waals surface area contributed by atoms with Gasteiger partial charge in [0.15, 0.2) is 0 Å². The highest BCUT2D eigenvalue weighted by Gasteiger charge is 2.07. The van der Waals surface area contributed by atoms with E-state index in [0.717, 1.165) is 5.75 Å². The predicted molar refractivity (Wildman–Crippen MR) is 35.2 cm³/mol. The molecule has 1 rings (SSSR count). The van der Waals surface area contributed by atoms with Crippen LogP contribution in [0.1, 0.15) is 0 Å². The van der Waals surface area contributed by atoms with Crippen molar-refractivity contribution in [1.82, 2.24) is 0 Å². The molecule has 0 amide bonds. The van der Waals surface area contributed by atoms with Crippen molar-refractivity contribution in [2.75, 3.05) is 5.75 Å². The number of hydrogen-bond donors (Lipinski definition) is 0. The van der Waals surface area contributed by atoms with Gasteiger partial charge in [0.05, 0.1) is 0 Å². The molecule has 0 aromatic rings. The number of azo groups is 1. The molecular weight excluding hydrogens is 136 g/mol. The Balaban J connectivity index is 2.38. The second-order valence-corrected chi connectivity index (χ2v) is 2.40. The first kappa shape index (κ1) is 6.23. The topological polar surface area (TPSA) is 60.9 Å². The molecule has 0 radical (unpaired) electrons. The third kappa shape index (κ3) is 1.82. The fourth-order valence-electron chi connectivity index (χ4n) is 0.444. The first-order valence-corrected chi connectivity index (χ1v) is 3.40. The Morgan fingerprint density at radius 2 is 2.78 bits per heavy atom. The standard InChI is InChI=1S/C4H4N4S/c5-3-7-8-4-6-1-2-9-4/h1,4H,2H2. The Labute approximate surface area is 56.7 Å². The molecule has 0 aliphatic carbocycles. The lowest BCUT2D eigenvalue weighted by atomic mass is 10.9. The summed E-state index contributed by atoms with van der Waals surface area (Å²) in [6.45, 7) is 0. The molecule has 5 heteroatoms. The van der Waals surface area contributed by atoms with Crippen molar-refractivity contribution in [3.05, 3.63) is 0 Å². The van der Waals surface area contributed by atoms with E-state index in [0.29, 0.717) is 0 Å². The smallest absolute Gasteiger partial charge is 0.225 e. The van der Waals surface area contributed by atoms with Crippen LogP contribution in [0.2, 0.25) is 0 Å². The summed E-state index contributed by atoms with van der Waals surface area (Å²) in [6, 6.07) is 0. The van der Waals surface area contributed by atoms with Crippen LogP contribution in [0.3, 0.4) is 0 Å². The summed E-state index contributed by atoms with van der Waals surface area (Å²) >= 11 is 1.55. The highest BCUT2D eigenvalue weighted by molar-refractivity contribution is 8.00. The van der Waals surface area contributed by atoms with Crippen LogP contribution in [0.4, 0.5) is 0 Å². The van der Waals surface area contributed by atoms with Gasteiger partial charge in [0.25, 0.3) is 0 Å². The van der Waals surface area contributed by atoms with Gasteiger partial charge in [-0.1, -0.05) is 5.11 Å². The average Bonchev–Trinajstić information content (AvgIpc) is 2.34. The van der Waals surface area contributed by atoms with Crippen LogP contribution in [0.5, 0.6) is 0 Å². The molecule has 46 valence electrons. The van der Waals surface area contributed by atoms with Crippen molar-refractivity contribution >= 4 is 18.0 Å². The third-order valence-corrected chi connectivity index (χ3v) is 1.61. The molecule has 0 saturated carbocycles. The molecule has 0 bridgehead atoms. The van der Waals surface area contributed by atoms with Crippen molar-refractivity contribution < 1.29 is 0 Å². The third-order valence-electron chi connectivity index (χ3n) is 0.754. The Kier molecular flexibility index (Phi) is 2.22. The van der Waals surface area contributed by atoms with E-state index in [9.17, 15) is 0 Å². The minimum Gasteiger partial charge on any atom is -0.258 e. The zero-order chi connectivity index (χ0) is 6.53. The monoisotopic (exact) mass is 140 g/mol. The Bertz CT molecular complexity index is 179. The molecule has 0 spiro atoms. The van der Waals surface area contributed by atoms with E-state index >= 15 is 0 Å². The Hall–Kier alpha value is -0.890. The zero-order valence-electron chi connectivity index (χ0n) is 4.56. The molecule has 9 heavy (non-hydrogen) atoms. The van der Waals surface area contributed by atoms with Crippen LogP contribution in [0.15, 0.2) is 15.2 Å². The van der Waals surface area contributed by atoms with Crippen molar-refractivity contribution in [2.24, 2.45) is 15.2 Å². The van der Waals surface area contributed by atoms with E-state index < -0.39 is 0 Å². The van der Waals surface area contributed by atoms with Gasteiger partial charge in [-0.25, -0.2) is 0 Å². The molecule has 0 fully saturated rings. The van der Waals surface area contributed by atoms with Crippen molar-refractivity contribution in [2.45, 2.75) is 5.50 Å². The first-order chi connectivity index (χ1) is 4.43. The number of hydrogen-bond acceptors (Lipinski definition) is 5. The highest BCUT2D eigenvalue weighted by Crippen LogP contribution is 2.17. The van der Waals surface area contributed by atoms with Crippen LogP contribution in [0.25, 0.3) is 0 Å². The fraction of sp³-hybridized carbons (Fsp3) is 0.500. The molecule has 1 atom stereocenters. The molecule has 1 unspecified atom stereocenters. The Morgan fingerprint density at radius 3 is 3.33 bits per heavy atom. The summed E-state index contributed by atoms with van der Waals surface area (Å²) in [7, 11) is 0. The molecule has 0 N–H and O–H groups in total. The van der Waals surface area contributed by atoms with Gasteiger partial charge < -0.3 is 0 Å². The minimum absolute atomic E-state index is 0.162. The van der Waals surface area contributed by atoms with Gasteiger partial charge in [0.2, 0.25) is 11.7 Å². The van der Waals surface area contributed by atoms with E-state index in [4.69, 9.17) is 5.26 Å². The molecule has 0 aromatic carbocycles. The van der Waals surface area contributed by atoms with Crippen LogP contribution in [-0.4, -0.2) is 17.5 Å². The van der Waals surface area contributed by atoms with Gasteiger partial charge in [-0.05, 0) is 0 Å². The van der Waals surface area contributed by atoms with Crippen molar-refractivity contribution in [3.8, 4) is 6.19 Å². The number of thioether (sulfide) groups is 1. The quantitative estimate of drug-likeness (QED) is 0.403. The maximum atomic E-state index is 7.96. The summed E-state index contributed by atoms with van der Waals surface area (Å²) < 4.78 is 0. The molecule has 1 heterocycles. The van der Waals surface area contributed by atoms with E-state index in [-0.39, 0.29) is 5.50 Å². The lowest BCUT2D eigenvalue weighted by molar-refractivity contribution is 0.919. The van der Waals surface area contributed by atoms with Crippen LogP contribution < -0.4 is 0 Å². The molecule has 4 nitrogen and oxygen atoms in total. The summed E-state index contributed by atoms with van der Waals surface area (Å²) in [4.78, 5) is 3.90. The van der Waals surface area contributed by atoms with Gasteiger partial charge in [-0.3, -0.25) is 4.99 Å². The van der Waals surface area contributed by atoms with Gasteiger partial charge >= 0.3 is 0 Å². The zero-order valence-corrected chi connectivity index (χ0v) is 5.38. The number of aliphatic imine (C=N–C) groups is 1. The molecular formula is C4H4N4S. The van der Waals surface area contributed by atoms with Gasteiger partial charge in [-0.2, -0.15) is 5.26 Å². The van der Waals surface area contributed by atoms with Crippen LogP contribution in [0, 0.1) is 11.5 Å². The highest BCUT2D eigenvalue weighted by atomic mass is 32.2. The molecule has 1 aliphatic rings. The van der Waals surface area contributed by atoms with E-state index in [1.165, 1.54) is 0 Å². The Morgan fingerprint density at radius 1 is 1.89 bits per heavy atom. The maximum absolute atomic E-state index is 7.96. The molecule has 1 aliphatic heterocycles.